The summed E-state index contributed by atoms with van der Waals surface area (Å²) in [5, 5.41) is 20.2. The zero-order chi connectivity index (χ0) is 23.0. The molecule has 2 heteroatoms. The molecule has 2 nitrogen and oxygen atoms in total. The number of aliphatic hydroxyl groups excluding tert-OH is 2. The predicted molar refractivity (Wildman–Crippen MR) is 132 cm³/mol. The Morgan fingerprint density at radius 2 is 1.68 bits per heavy atom. The summed E-state index contributed by atoms with van der Waals surface area (Å²) in [6, 6.07) is 0. The first kappa shape index (κ1) is 25.0. The second kappa shape index (κ2) is 9.34. The second-order valence-electron chi connectivity index (χ2n) is 12.5. The van der Waals surface area contributed by atoms with Gasteiger partial charge in [-0.25, -0.2) is 0 Å². The molecule has 1 fully saturated rings. The van der Waals surface area contributed by atoms with Gasteiger partial charge < -0.3 is 10.2 Å². The van der Waals surface area contributed by atoms with Crippen molar-refractivity contribution in [2.75, 3.05) is 6.61 Å². The van der Waals surface area contributed by atoms with Crippen LogP contribution in [0.15, 0.2) is 23.3 Å². The van der Waals surface area contributed by atoms with Crippen LogP contribution in [0.5, 0.6) is 0 Å². The lowest BCUT2D eigenvalue weighted by atomic mass is 9.48. The van der Waals surface area contributed by atoms with Crippen LogP contribution in [0.3, 0.4) is 0 Å². The molecule has 3 rings (SSSR count). The molecule has 7 atom stereocenters. The molecule has 3 aliphatic rings. The summed E-state index contributed by atoms with van der Waals surface area (Å²) in [7, 11) is 0. The summed E-state index contributed by atoms with van der Waals surface area (Å²) in [5.41, 5.74) is 3.63. The molecule has 0 heterocycles. The number of rotatable bonds is 9. The van der Waals surface area contributed by atoms with Gasteiger partial charge in [0.2, 0.25) is 0 Å². The molecule has 31 heavy (non-hydrogen) atoms. The van der Waals surface area contributed by atoms with Gasteiger partial charge in [0.25, 0.3) is 0 Å². The zero-order valence-electron chi connectivity index (χ0n) is 21.5. The molecule has 1 saturated carbocycles. The number of hydrogen-bond acceptors (Lipinski definition) is 2. The average molecular weight is 431 g/mol. The summed E-state index contributed by atoms with van der Waals surface area (Å²) >= 11 is 0. The lowest BCUT2D eigenvalue weighted by Gasteiger charge is -2.56. The maximum atomic E-state index is 10.6. The van der Waals surface area contributed by atoms with E-state index in [-0.39, 0.29) is 29.5 Å². The van der Waals surface area contributed by atoms with E-state index in [2.05, 4.69) is 53.7 Å². The molecule has 2 N–H and O–H groups in total. The van der Waals surface area contributed by atoms with Crippen molar-refractivity contribution in [2.45, 2.75) is 112 Å². The third kappa shape index (κ3) is 4.21. The molecule has 178 valence electrons. The number of hydrogen-bond donors (Lipinski definition) is 2. The van der Waals surface area contributed by atoms with E-state index in [9.17, 15) is 10.2 Å². The van der Waals surface area contributed by atoms with Crippen molar-refractivity contribution in [1.82, 2.24) is 0 Å². The fourth-order valence-corrected chi connectivity index (χ4v) is 8.04. The zero-order valence-corrected chi connectivity index (χ0v) is 21.5. The Morgan fingerprint density at radius 1 is 0.968 bits per heavy atom. The molecular formula is C29H50O2. The van der Waals surface area contributed by atoms with Gasteiger partial charge in [-0.15, -0.1) is 0 Å². The largest absolute Gasteiger partial charge is 0.396 e. The Labute approximate surface area is 192 Å². The van der Waals surface area contributed by atoms with Gasteiger partial charge in [-0.1, -0.05) is 73.0 Å². The molecule has 0 spiro atoms. The summed E-state index contributed by atoms with van der Waals surface area (Å²) < 4.78 is 0. The third-order valence-corrected chi connectivity index (χ3v) is 10.2. The number of fused-ring (bicyclic) bond motifs is 3. The van der Waals surface area contributed by atoms with E-state index >= 15 is 0 Å². The van der Waals surface area contributed by atoms with Gasteiger partial charge in [-0.2, -0.15) is 0 Å². The Hall–Kier alpha value is -0.600. The minimum Gasteiger partial charge on any atom is -0.396 e. The number of allylic oxidation sites excluding steroid dienone is 4. The molecular weight excluding hydrogens is 380 g/mol. The van der Waals surface area contributed by atoms with E-state index in [4.69, 9.17) is 0 Å². The maximum Gasteiger partial charge on any atom is 0.0551 e. The van der Waals surface area contributed by atoms with Gasteiger partial charge >= 0.3 is 0 Å². The first-order chi connectivity index (χ1) is 14.5. The fourth-order valence-electron chi connectivity index (χ4n) is 8.04. The highest BCUT2D eigenvalue weighted by molar-refractivity contribution is 5.49. The van der Waals surface area contributed by atoms with Gasteiger partial charge in [-0.3, -0.25) is 0 Å². The standard InChI is InChI=1S/C29H50O2/c1-20(2)10-8-11-21(3)23-14-17-29(7)26-13-12-24(22(4)31)27(5,16-9-19-30)25(26)15-18-28(23,29)6/h13,15,20-24,30-31H,8-12,14,16-19H2,1-7H3/t21-,22-,23-,24+,27+,28-,29+/m1/s1. The Bertz CT molecular complexity index is 689. The molecule has 0 aliphatic heterocycles. The molecule has 0 aromatic heterocycles. The summed E-state index contributed by atoms with van der Waals surface area (Å²) in [5.74, 6) is 2.63. The van der Waals surface area contributed by atoms with Gasteiger partial charge in [0.05, 0.1) is 6.10 Å². The van der Waals surface area contributed by atoms with E-state index in [0.29, 0.717) is 5.41 Å². The summed E-state index contributed by atoms with van der Waals surface area (Å²) in [6.07, 6.45) is 15.4. The van der Waals surface area contributed by atoms with Crippen LogP contribution < -0.4 is 0 Å². The van der Waals surface area contributed by atoms with Crippen LogP contribution in [0.2, 0.25) is 0 Å². The highest BCUT2D eigenvalue weighted by Gasteiger charge is 2.61. The maximum absolute atomic E-state index is 10.6. The second-order valence-corrected chi connectivity index (χ2v) is 12.5. The molecule has 0 radical (unpaired) electrons. The Morgan fingerprint density at radius 3 is 2.29 bits per heavy atom. The minimum absolute atomic E-state index is 0.0354. The quantitative estimate of drug-likeness (QED) is 0.402. The van der Waals surface area contributed by atoms with Crippen molar-refractivity contribution < 1.29 is 10.2 Å². The molecule has 0 saturated heterocycles. The lowest BCUT2D eigenvalue weighted by molar-refractivity contribution is 0.0246. The lowest BCUT2D eigenvalue weighted by Crippen LogP contribution is -2.48. The minimum atomic E-state index is -0.319. The SMILES string of the molecule is CC(C)CCC[C@@H](C)[C@H]1CC[C@@]2(C)C3=CC[C@@H]([C@@H](C)O)[C@](C)(CCCO)C3=CC[C@]12C. The van der Waals surface area contributed by atoms with Crippen LogP contribution in [0.25, 0.3) is 0 Å². The van der Waals surface area contributed by atoms with Gasteiger partial charge in [-0.05, 0) is 96.5 Å². The first-order valence-electron chi connectivity index (χ1n) is 13.2. The highest BCUT2D eigenvalue weighted by Crippen LogP contribution is 2.70. The topological polar surface area (TPSA) is 40.5 Å². The predicted octanol–water partition coefficient (Wildman–Crippen LogP) is 7.31. The summed E-state index contributed by atoms with van der Waals surface area (Å²) in [4.78, 5) is 0. The van der Waals surface area contributed by atoms with Crippen molar-refractivity contribution in [1.29, 1.82) is 0 Å². The molecule has 0 aromatic carbocycles. The van der Waals surface area contributed by atoms with Gasteiger partial charge in [0.1, 0.15) is 0 Å². The van der Waals surface area contributed by atoms with Crippen molar-refractivity contribution >= 4 is 0 Å². The Kier molecular flexibility index (Phi) is 7.54. The first-order valence-corrected chi connectivity index (χ1v) is 13.2. The van der Waals surface area contributed by atoms with E-state index in [1.54, 1.807) is 5.57 Å². The molecule has 0 aromatic rings. The molecule has 0 bridgehead atoms. The highest BCUT2D eigenvalue weighted by atomic mass is 16.3. The van der Waals surface area contributed by atoms with Crippen LogP contribution in [0.1, 0.15) is 106 Å². The van der Waals surface area contributed by atoms with E-state index < -0.39 is 0 Å². The van der Waals surface area contributed by atoms with Crippen molar-refractivity contribution in [3.8, 4) is 0 Å². The van der Waals surface area contributed by atoms with E-state index in [0.717, 1.165) is 43.4 Å². The molecule has 0 unspecified atom stereocenters. The average Bonchev–Trinajstić information content (AvgIpc) is 2.97. The van der Waals surface area contributed by atoms with Crippen molar-refractivity contribution in [3.63, 3.8) is 0 Å². The number of aliphatic hydroxyl groups is 2. The monoisotopic (exact) mass is 430 g/mol. The fraction of sp³-hybridized carbons (Fsp3) is 0.862. The van der Waals surface area contributed by atoms with Gasteiger partial charge in [0, 0.05) is 6.61 Å². The van der Waals surface area contributed by atoms with Crippen LogP contribution in [-0.4, -0.2) is 22.9 Å². The van der Waals surface area contributed by atoms with Crippen LogP contribution in [-0.2, 0) is 0 Å². The van der Waals surface area contributed by atoms with Gasteiger partial charge in [0.15, 0.2) is 0 Å². The molecule has 3 aliphatic carbocycles. The van der Waals surface area contributed by atoms with Crippen molar-refractivity contribution in [2.24, 2.45) is 39.9 Å². The van der Waals surface area contributed by atoms with E-state index in [1.165, 1.54) is 37.7 Å². The van der Waals surface area contributed by atoms with Crippen LogP contribution in [0.4, 0.5) is 0 Å². The Balaban J connectivity index is 1.91. The van der Waals surface area contributed by atoms with Crippen LogP contribution in [0, 0.1) is 39.9 Å². The normalized spacial score (nSPS) is 39.5. The third-order valence-electron chi connectivity index (χ3n) is 10.2. The molecule has 0 amide bonds. The van der Waals surface area contributed by atoms with E-state index in [1.807, 2.05) is 6.92 Å². The smallest absolute Gasteiger partial charge is 0.0551 e. The summed E-state index contributed by atoms with van der Waals surface area (Å²) in [6.45, 7) is 16.9. The van der Waals surface area contributed by atoms with Crippen molar-refractivity contribution in [3.05, 3.63) is 23.3 Å². The van der Waals surface area contributed by atoms with Crippen LogP contribution >= 0.6 is 0 Å².